The number of likely N-dealkylation sites (tertiary alicyclic amines) is 2. The van der Waals surface area contributed by atoms with Crippen LogP contribution in [0.1, 0.15) is 57.4 Å². The van der Waals surface area contributed by atoms with E-state index < -0.39 is 37.1 Å². The first-order valence-corrected chi connectivity index (χ1v) is 15.0. The fraction of sp³-hybridized carbons (Fsp3) is 0.677. The lowest BCUT2D eigenvalue weighted by atomic mass is 9.91. The average Bonchev–Trinajstić information content (AvgIpc) is 3.66. The van der Waals surface area contributed by atoms with Gasteiger partial charge in [0.15, 0.2) is 6.29 Å². The van der Waals surface area contributed by atoms with E-state index in [1.54, 1.807) is 4.90 Å². The van der Waals surface area contributed by atoms with Gasteiger partial charge in [-0.25, -0.2) is 0 Å². The van der Waals surface area contributed by atoms with Crippen LogP contribution < -0.4 is 10.6 Å². The highest BCUT2D eigenvalue weighted by atomic mass is 16.5. The van der Waals surface area contributed by atoms with Crippen molar-refractivity contribution >= 4 is 0 Å². The number of allylic oxidation sites excluding steroid dienone is 3. The topological polar surface area (TPSA) is 132 Å². The summed E-state index contributed by atoms with van der Waals surface area (Å²) in [5.74, 6) is -0.136. The smallest absolute Gasteiger partial charge is 0.167 e. The third kappa shape index (κ3) is 7.79. The second kappa shape index (κ2) is 15.0. The molecule has 0 aromatic heterocycles. The quantitative estimate of drug-likeness (QED) is 0.169. The van der Waals surface area contributed by atoms with Gasteiger partial charge in [-0.2, -0.15) is 0 Å². The van der Waals surface area contributed by atoms with Gasteiger partial charge in [0.05, 0.1) is 18.1 Å². The first-order valence-electron chi connectivity index (χ1n) is 15.0. The van der Waals surface area contributed by atoms with E-state index in [0.29, 0.717) is 32.4 Å². The zero-order valence-corrected chi connectivity index (χ0v) is 24.0. The fourth-order valence-electron chi connectivity index (χ4n) is 6.71. The lowest BCUT2D eigenvalue weighted by molar-refractivity contribution is -0.152. The molecule has 2 aliphatic heterocycles. The summed E-state index contributed by atoms with van der Waals surface area (Å²) in [6.45, 7) is 3.22. The Morgan fingerprint density at radius 3 is 2.23 bits per heavy atom. The molecule has 224 valence electrons. The Morgan fingerprint density at radius 1 is 0.875 bits per heavy atom. The minimum absolute atomic E-state index is 0.0457. The van der Waals surface area contributed by atoms with Gasteiger partial charge in [-0.3, -0.25) is 15.1 Å². The molecule has 0 amide bonds. The van der Waals surface area contributed by atoms with Crippen molar-refractivity contribution in [3.05, 3.63) is 59.7 Å². The lowest BCUT2D eigenvalue weighted by Crippen LogP contribution is -2.61. The lowest BCUT2D eigenvalue weighted by Gasteiger charge is -2.42. The van der Waals surface area contributed by atoms with Crippen molar-refractivity contribution in [1.82, 2.24) is 20.4 Å². The highest BCUT2D eigenvalue weighted by Crippen LogP contribution is 2.31. The van der Waals surface area contributed by atoms with Crippen LogP contribution in [0.4, 0.5) is 0 Å². The van der Waals surface area contributed by atoms with Gasteiger partial charge < -0.3 is 30.8 Å². The van der Waals surface area contributed by atoms with Gasteiger partial charge in [-0.05, 0) is 64.0 Å². The van der Waals surface area contributed by atoms with Crippen molar-refractivity contribution in [3.8, 4) is 0 Å². The van der Waals surface area contributed by atoms with E-state index in [2.05, 4.69) is 28.9 Å². The monoisotopic (exact) mass is 558 g/mol. The standard InChI is InChI=1S/C31H50N4O5/c1-21(24(32-2)19-22-11-5-3-6-12-22)28(36)33-25(20-23-13-7-4-8-14-23)29(37)34-17-9-15-26(34)30(38)35-18-10-16-27(35)31(39)40/h4-5,7-8,11-14,21,24-33,36-40H,3,6,9-10,15-20H2,1-2H3/t21?,24-,25-,26-,27-,28?,29?,30?/m0/s1. The fourth-order valence-corrected chi connectivity index (χ4v) is 6.71. The van der Waals surface area contributed by atoms with Gasteiger partial charge in [0.25, 0.3) is 0 Å². The number of nitrogens with zero attached hydrogens (tertiary/aromatic N) is 2. The average molecular weight is 559 g/mol. The number of aliphatic hydroxyl groups excluding tert-OH is 4. The number of rotatable bonds is 14. The van der Waals surface area contributed by atoms with Gasteiger partial charge in [-0.15, -0.1) is 0 Å². The zero-order valence-electron chi connectivity index (χ0n) is 24.0. The van der Waals surface area contributed by atoms with Crippen LogP contribution >= 0.6 is 0 Å². The van der Waals surface area contributed by atoms with Crippen LogP contribution in [0.25, 0.3) is 0 Å². The van der Waals surface area contributed by atoms with Crippen molar-refractivity contribution < 1.29 is 25.5 Å². The van der Waals surface area contributed by atoms with Crippen LogP contribution in [0.5, 0.6) is 0 Å². The molecule has 2 fully saturated rings. The Labute approximate surface area is 239 Å². The molecule has 0 spiro atoms. The maximum absolute atomic E-state index is 11.8. The van der Waals surface area contributed by atoms with E-state index in [0.717, 1.165) is 37.7 Å². The summed E-state index contributed by atoms with van der Waals surface area (Å²) in [5.41, 5.74) is 2.31. The summed E-state index contributed by atoms with van der Waals surface area (Å²) in [6.07, 6.45) is 8.72. The van der Waals surface area contributed by atoms with E-state index in [1.165, 1.54) is 5.57 Å². The Bertz CT molecular complexity index is 960. The molecule has 7 N–H and O–H groups in total. The predicted molar refractivity (Wildman–Crippen MR) is 156 cm³/mol. The first-order chi connectivity index (χ1) is 19.3. The molecular weight excluding hydrogens is 508 g/mol. The number of hydrogen-bond donors (Lipinski definition) is 7. The summed E-state index contributed by atoms with van der Waals surface area (Å²) in [7, 11) is 1.92. The van der Waals surface area contributed by atoms with Crippen LogP contribution in [0.15, 0.2) is 54.1 Å². The van der Waals surface area contributed by atoms with Gasteiger partial charge in [0.1, 0.15) is 18.7 Å². The summed E-state index contributed by atoms with van der Waals surface area (Å²) in [5, 5.41) is 61.0. The molecule has 9 heteroatoms. The SMILES string of the molecule is CN[C@@H](CC1=CCCC=C1)C(C)C(O)N[C@@H](Cc1ccccc1)C(O)N1CCC[C@H]1C(O)N1CCC[C@H]1C(O)O. The molecule has 2 heterocycles. The van der Waals surface area contributed by atoms with Gasteiger partial charge >= 0.3 is 0 Å². The number of hydrogen-bond acceptors (Lipinski definition) is 9. The summed E-state index contributed by atoms with van der Waals surface area (Å²) >= 11 is 0. The summed E-state index contributed by atoms with van der Waals surface area (Å²) in [4.78, 5) is 3.69. The van der Waals surface area contributed by atoms with Crippen molar-refractivity contribution in [3.63, 3.8) is 0 Å². The highest BCUT2D eigenvalue weighted by molar-refractivity contribution is 5.23. The Hall–Kier alpha value is -1.66. The Kier molecular flexibility index (Phi) is 11.7. The van der Waals surface area contributed by atoms with Gasteiger partial charge in [0.2, 0.25) is 0 Å². The number of aliphatic hydroxyl groups is 5. The molecule has 0 bridgehead atoms. The third-order valence-electron chi connectivity index (χ3n) is 9.13. The second-order valence-electron chi connectivity index (χ2n) is 11.8. The minimum Gasteiger partial charge on any atom is -0.378 e. The second-order valence-corrected chi connectivity index (χ2v) is 11.8. The molecule has 4 rings (SSSR count). The molecule has 2 saturated heterocycles. The molecule has 1 aromatic rings. The molecule has 40 heavy (non-hydrogen) atoms. The number of benzene rings is 1. The van der Waals surface area contributed by atoms with Crippen molar-refractivity contribution in [2.24, 2.45) is 5.92 Å². The van der Waals surface area contributed by atoms with Crippen LogP contribution in [0.2, 0.25) is 0 Å². The highest BCUT2D eigenvalue weighted by Gasteiger charge is 2.44. The normalized spacial score (nSPS) is 26.9. The molecule has 0 radical (unpaired) electrons. The molecule has 3 aliphatic rings. The Morgan fingerprint density at radius 2 is 1.57 bits per heavy atom. The van der Waals surface area contributed by atoms with E-state index >= 15 is 0 Å². The molecule has 0 saturated carbocycles. The van der Waals surface area contributed by atoms with Gasteiger partial charge in [-0.1, -0.05) is 61.1 Å². The largest absolute Gasteiger partial charge is 0.378 e. The van der Waals surface area contributed by atoms with E-state index in [-0.39, 0.29) is 18.0 Å². The molecule has 1 aliphatic carbocycles. The first kappa shape index (κ1) is 31.3. The molecule has 4 unspecified atom stereocenters. The minimum atomic E-state index is -1.51. The molecule has 1 aromatic carbocycles. The zero-order chi connectivity index (χ0) is 28.6. The molecular formula is C31H50N4O5. The maximum atomic E-state index is 11.8. The number of nitrogens with one attached hydrogen (secondary N) is 2. The van der Waals surface area contributed by atoms with Crippen LogP contribution in [0, 0.1) is 5.92 Å². The van der Waals surface area contributed by atoms with E-state index in [9.17, 15) is 25.5 Å². The predicted octanol–water partition coefficient (Wildman–Crippen LogP) is 1.27. The molecule has 8 atom stereocenters. The molecule has 9 nitrogen and oxygen atoms in total. The summed E-state index contributed by atoms with van der Waals surface area (Å²) in [6, 6.07) is 8.63. The van der Waals surface area contributed by atoms with Crippen LogP contribution in [-0.4, -0.2) is 105 Å². The van der Waals surface area contributed by atoms with Crippen LogP contribution in [0.3, 0.4) is 0 Å². The van der Waals surface area contributed by atoms with E-state index in [1.807, 2.05) is 49.2 Å². The summed E-state index contributed by atoms with van der Waals surface area (Å²) < 4.78 is 0. The van der Waals surface area contributed by atoms with Crippen molar-refractivity contribution in [2.75, 3.05) is 20.1 Å². The third-order valence-corrected chi connectivity index (χ3v) is 9.13. The van der Waals surface area contributed by atoms with Gasteiger partial charge in [0, 0.05) is 25.0 Å². The van der Waals surface area contributed by atoms with Crippen molar-refractivity contribution in [1.29, 1.82) is 0 Å². The maximum Gasteiger partial charge on any atom is 0.167 e. The van der Waals surface area contributed by atoms with Crippen molar-refractivity contribution in [2.45, 2.75) is 107 Å². The Balaban J connectivity index is 1.49. The van der Waals surface area contributed by atoms with Crippen LogP contribution in [-0.2, 0) is 6.42 Å². The van der Waals surface area contributed by atoms with E-state index in [4.69, 9.17) is 0 Å².